The predicted octanol–water partition coefficient (Wildman–Crippen LogP) is 4.73. The highest BCUT2D eigenvalue weighted by Gasteiger charge is 2.62. The van der Waals surface area contributed by atoms with Crippen LogP contribution in [-0.4, -0.2) is 23.8 Å². The first-order chi connectivity index (χ1) is 11.6. The number of fused-ring (bicyclic) bond motifs is 5. The van der Waals surface area contributed by atoms with Crippen LogP contribution in [0, 0.1) is 29.6 Å². The van der Waals surface area contributed by atoms with Crippen LogP contribution in [0.4, 0.5) is 0 Å². The summed E-state index contributed by atoms with van der Waals surface area (Å²) in [6, 6.07) is 0. The Morgan fingerprint density at radius 2 is 1.92 bits per heavy atom. The Morgan fingerprint density at radius 3 is 2.58 bits per heavy atom. The fourth-order valence-electron chi connectivity index (χ4n) is 6.78. The third kappa shape index (κ3) is 2.53. The molecule has 0 aromatic carbocycles. The second kappa shape index (κ2) is 6.30. The number of hydrogen-bond acceptors (Lipinski definition) is 3. The Kier molecular flexibility index (Phi) is 4.43. The highest BCUT2D eigenvalue weighted by atomic mass is 16.6. The van der Waals surface area contributed by atoms with Gasteiger partial charge < -0.3 is 9.47 Å². The highest BCUT2D eigenvalue weighted by molar-refractivity contribution is 5.74. The maximum atomic E-state index is 13.0. The Balaban J connectivity index is 1.47. The molecule has 4 aliphatic rings. The molecule has 3 nitrogen and oxygen atoms in total. The smallest absolute Gasteiger partial charge is 0.309 e. The number of ether oxygens (including phenoxy) is 2. The molecule has 136 valence electrons. The van der Waals surface area contributed by atoms with Crippen molar-refractivity contribution in [3.05, 3.63) is 0 Å². The average molecular weight is 335 g/mol. The van der Waals surface area contributed by atoms with Crippen LogP contribution in [0.5, 0.6) is 0 Å². The van der Waals surface area contributed by atoms with Crippen LogP contribution in [-0.2, 0) is 14.3 Å². The van der Waals surface area contributed by atoms with Gasteiger partial charge in [0.25, 0.3) is 0 Å². The molecule has 0 amide bonds. The fourth-order valence-corrected chi connectivity index (χ4v) is 6.78. The first-order valence-electron chi connectivity index (χ1n) is 10.5. The minimum atomic E-state index is -0.138. The predicted molar refractivity (Wildman–Crippen MR) is 93.5 cm³/mol. The lowest BCUT2D eigenvalue weighted by molar-refractivity contribution is -0.168. The SMILES string of the molecule is CCCC1OC(C)C2C3CC(C(=O)OC4(CC)CCCC4)C(C3)C12. The van der Waals surface area contributed by atoms with Crippen molar-refractivity contribution in [2.45, 2.75) is 96.4 Å². The Hall–Kier alpha value is -0.570. The van der Waals surface area contributed by atoms with Gasteiger partial charge in [-0.1, -0.05) is 20.3 Å². The molecule has 0 aromatic rings. The molecule has 3 saturated carbocycles. The van der Waals surface area contributed by atoms with E-state index < -0.39 is 0 Å². The molecular formula is C21H34O3. The Bertz CT molecular complexity index is 481. The van der Waals surface area contributed by atoms with E-state index in [9.17, 15) is 4.79 Å². The molecular weight excluding hydrogens is 300 g/mol. The maximum Gasteiger partial charge on any atom is 0.309 e. The summed E-state index contributed by atoms with van der Waals surface area (Å²) in [5, 5.41) is 0. The van der Waals surface area contributed by atoms with Crippen LogP contribution in [0.2, 0.25) is 0 Å². The third-order valence-electron chi connectivity index (χ3n) is 7.84. The molecule has 3 aliphatic carbocycles. The summed E-state index contributed by atoms with van der Waals surface area (Å²) >= 11 is 0. The molecule has 4 fully saturated rings. The van der Waals surface area contributed by atoms with Gasteiger partial charge in [-0.15, -0.1) is 0 Å². The van der Waals surface area contributed by atoms with Crippen molar-refractivity contribution >= 4 is 5.97 Å². The normalized spacial score (nSPS) is 45.5. The molecule has 7 atom stereocenters. The Morgan fingerprint density at radius 1 is 1.17 bits per heavy atom. The molecule has 4 rings (SSSR count). The number of carbonyl (C=O) groups is 1. The Labute approximate surface area is 146 Å². The van der Waals surface area contributed by atoms with Gasteiger partial charge in [0.2, 0.25) is 0 Å². The largest absolute Gasteiger partial charge is 0.459 e. The lowest BCUT2D eigenvalue weighted by Crippen LogP contribution is -2.40. The van der Waals surface area contributed by atoms with E-state index in [1.165, 1.54) is 25.7 Å². The van der Waals surface area contributed by atoms with E-state index in [-0.39, 0.29) is 17.5 Å². The molecule has 0 aromatic heterocycles. The van der Waals surface area contributed by atoms with E-state index in [1.54, 1.807) is 0 Å². The average Bonchev–Trinajstić information content (AvgIpc) is 3.31. The molecule has 2 bridgehead atoms. The summed E-state index contributed by atoms with van der Waals surface area (Å²) in [5.74, 6) is 2.78. The van der Waals surface area contributed by atoms with E-state index in [1.807, 2.05) is 0 Å². The summed E-state index contributed by atoms with van der Waals surface area (Å²) < 4.78 is 12.5. The molecule has 7 unspecified atom stereocenters. The number of carbonyl (C=O) groups excluding carboxylic acids is 1. The second-order valence-corrected chi connectivity index (χ2v) is 8.99. The van der Waals surface area contributed by atoms with Crippen LogP contribution in [0.3, 0.4) is 0 Å². The van der Waals surface area contributed by atoms with Gasteiger partial charge in [0.1, 0.15) is 5.60 Å². The first-order valence-corrected chi connectivity index (χ1v) is 10.5. The highest BCUT2D eigenvalue weighted by Crippen LogP contribution is 2.62. The molecule has 0 N–H and O–H groups in total. The van der Waals surface area contributed by atoms with E-state index in [4.69, 9.17) is 9.47 Å². The van der Waals surface area contributed by atoms with Gasteiger partial charge in [-0.2, -0.15) is 0 Å². The van der Waals surface area contributed by atoms with Gasteiger partial charge in [0.05, 0.1) is 18.1 Å². The van der Waals surface area contributed by atoms with Gasteiger partial charge in [0, 0.05) is 0 Å². The quantitative estimate of drug-likeness (QED) is 0.682. The lowest BCUT2D eigenvalue weighted by atomic mass is 9.71. The molecule has 1 aliphatic heterocycles. The minimum Gasteiger partial charge on any atom is -0.459 e. The zero-order valence-electron chi connectivity index (χ0n) is 15.6. The molecule has 0 spiro atoms. The van der Waals surface area contributed by atoms with Crippen LogP contribution in [0.25, 0.3) is 0 Å². The van der Waals surface area contributed by atoms with E-state index >= 15 is 0 Å². The lowest BCUT2D eigenvalue weighted by Gasteiger charge is -2.35. The van der Waals surface area contributed by atoms with Gasteiger partial charge in [-0.3, -0.25) is 4.79 Å². The molecule has 1 heterocycles. The van der Waals surface area contributed by atoms with Crippen molar-refractivity contribution in [3.63, 3.8) is 0 Å². The van der Waals surface area contributed by atoms with E-state index in [0.717, 1.165) is 32.1 Å². The summed E-state index contributed by atoms with van der Waals surface area (Å²) in [5.41, 5.74) is -0.138. The number of rotatable bonds is 5. The van der Waals surface area contributed by atoms with Crippen LogP contribution in [0.1, 0.15) is 78.6 Å². The summed E-state index contributed by atoms with van der Waals surface area (Å²) in [4.78, 5) is 13.0. The number of hydrogen-bond donors (Lipinski definition) is 0. The van der Waals surface area contributed by atoms with Gasteiger partial charge in [0.15, 0.2) is 0 Å². The van der Waals surface area contributed by atoms with E-state index in [0.29, 0.717) is 35.9 Å². The van der Waals surface area contributed by atoms with Crippen molar-refractivity contribution in [3.8, 4) is 0 Å². The monoisotopic (exact) mass is 334 g/mol. The fraction of sp³-hybridized carbons (Fsp3) is 0.952. The van der Waals surface area contributed by atoms with Crippen LogP contribution >= 0.6 is 0 Å². The maximum absolute atomic E-state index is 13.0. The third-order valence-corrected chi connectivity index (χ3v) is 7.84. The summed E-state index contributed by atoms with van der Waals surface area (Å²) in [6.45, 7) is 6.68. The van der Waals surface area contributed by atoms with Gasteiger partial charge >= 0.3 is 5.97 Å². The van der Waals surface area contributed by atoms with Gasteiger partial charge in [-0.25, -0.2) is 0 Å². The summed E-state index contributed by atoms with van der Waals surface area (Å²) in [7, 11) is 0. The van der Waals surface area contributed by atoms with Crippen molar-refractivity contribution < 1.29 is 14.3 Å². The molecule has 1 saturated heterocycles. The topological polar surface area (TPSA) is 35.5 Å². The second-order valence-electron chi connectivity index (χ2n) is 8.99. The standard InChI is InChI=1S/C21H34O3/c1-4-8-17-19-15-11-14(18(19)13(3)23-17)12-16(15)20(22)24-21(5-2)9-6-7-10-21/h13-19H,4-12H2,1-3H3. The zero-order valence-corrected chi connectivity index (χ0v) is 15.6. The molecule has 0 radical (unpaired) electrons. The van der Waals surface area contributed by atoms with Crippen LogP contribution in [0.15, 0.2) is 0 Å². The van der Waals surface area contributed by atoms with Crippen molar-refractivity contribution in [2.75, 3.05) is 0 Å². The van der Waals surface area contributed by atoms with Crippen molar-refractivity contribution in [1.82, 2.24) is 0 Å². The van der Waals surface area contributed by atoms with Crippen molar-refractivity contribution in [1.29, 1.82) is 0 Å². The first kappa shape index (κ1) is 16.9. The molecule has 24 heavy (non-hydrogen) atoms. The summed E-state index contributed by atoms with van der Waals surface area (Å²) in [6.07, 6.45) is 10.9. The molecule has 3 heteroatoms. The minimum absolute atomic E-state index is 0.125. The van der Waals surface area contributed by atoms with Gasteiger partial charge in [-0.05, 0) is 82.0 Å². The van der Waals surface area contributed by atoms with E-state index in [2.05, 4.69) is 20.8 Å². The number of esters is 1. The van der Waals surface area contributed by atoms with Crippen molar-refractivity contribution in [2.24, 2.45) is 29.6 Å². The zero-order chi connectivity index (χ0) is 16.9. The van der Waals surface area contributed by atoms with Crippen LogP contribution < -0.4 is 0 Å².